The molecule has 4 heteroatoms. The van der Waals surface area contributed by atoms with Crippen molar-refractivity contribution < 1.29 is 19.3 Å². The van der Waals surface area contributed by atoms with E-state index in [0.717, 1.165) is 0 Å². The molecule has 0 bridgehead atoms. The van der Waals surface area contributed by atoms with E-state index in [4.69, 9.17) is 4.89 Å². The van der Waals surface area contributed by atoms with Gasteiger partial charge in [-0.2, -0.15) is 0 Å². The van der Waals surface area contributed by atoms with Crippen molar-refractivity contribution in [2.75, 3.05) is 13.7 Å². The summed E-state index contributed by atoms with van der Waals surface area (Å²) in [6.45, 7) is 3.59. The minimum Gasteiger partial charge on any atom is -0.466 e. The van der Waals surface area contributed by atoms with Gasteiger partial charge in [0, 0.05) is 13.3 Å². The number of hydrogen-bond donors (Lipinski definition) is 0. The highest BCUT2D eigenvalue weighted by Gasteiger charge is 2.02. The maximum atomic E-state index is 10.3. The van der Waals surface area contributed by atoms with E-state index in [-0.39, 0.29) is 12.1 Å². The lowest BCUT2D eigenvalue weighted by molar-refractivity contribution is -0.302. The molecule has 0 amide bonds. The largest absolute Gasteiger partial charge is 0.466 e. The van der Waals surface area contributed by atoms with Crippen molar-refractivity contribution in [1.29, 1.82) is 0 Å². The van der Waals surface area contributed by atoms with Crippen LogP contribution in [0.1, 0.15) is 20.3 Å². The van der Waals surface area contributed by atoms with Gasteiger partial charge >= 0.3 is 5.97 Å². The quantitative estimate of drug-likeness (QED) is 0.342. The molecule has 1 unspecified atom stereocenters. The molecule has 0 saturated carbocycles. The molecule has 0 aromatic rings. The van der Waals surface area contributed by atoms with E-state index in [1.54, 1.807) is 0 Å². The van der Waals surface area contributed by atoms with Crippen LogP contribution in [0.3, 0.4) is 0 Å². The van der Waals surface area contributed by atoms with Crippen molar-refractivity contribution in [1.82, 2.24) is 0 Å². The minimum absolute atomic E-state index is 0.0423. The summed E-state index contributed by atoms with van der Waals surface area (Å²) in [5.41, 5.74) is 0. The highest BCUT2D eigenvalue weighted by atomic mass is 17.2. The van der Waals surface area contributed by atoms with E-state index in [2.05, 4.69) is 9.62 Å². The van der Waals surface area contributed by atoms with Gasteiger partial charge in [0.25, 0.3) is 0 Å². The standard InChI is InChI=1S/C7H14O4/c1-6(11-9-3)4-5-10-7(2)8/h6H,4-5H2,1-3H3. The summed E-state index contributed by atoms with van der Waals surface area (Å²) in [6, 6.07) is 0. The zero-order valence-electron chi connectivity index (χ0n) is 7.12. The fraction of sp³-hybridized carbons (Fsp3) is 0.857. The second-order valence-electron chi connectivity index (χ2n) is 2.20. The van der Waals surface area contributed by atoms with Crippen LogP contribution in [0.4, 0.5) is 0 Å². The third-order valence-corrected chi connectivity index (χ3v) is 1.09. The van der Waals surface area contributed by atoms with Gasteiger partial charge in [0.1, 0.15) is 0 Å². The Labute approximate surface area is 66.4 Å². The topological polar surface area (TPSA) is 44.8 Å². The summed E-state index contributed by atoms with van der Waals surface area (Å²) in [6.07, 6.45) is 0.604. The Hall–Kier alpha value is -0.610. The second kappa shape index (κ2) is 6.12. The highest BCUT2D eigenvalue weighted by molar-refractivity contribution is 5.65. The third-order valence-electron chi connectivity index (χ3n) is 1.09. The number of carbonyl (C=O) groups is 1. The van der Waals surface area contributed by atoms with Crippen molar-refractivity contribution in [2.24, 2.45) is 0 Å². The molecule has 66 valence electrons. The lowest BCUT2D eigenvalue weighted by Crippen LogP contribution is -2.12. The maximum absolute atomic E-state index is 10.3. The van der Waals surface area contributed by atoms with Gasteiger partial charge in [-0.05, 0) is 6.92 Å². The van der Waals surface area contributed by atoms with Crippen LogP contribution >= 0.6 is 0 Å². The van der Waals surface area contributed by atoms with Crippen molar-refractivity contribution in [3.63, 3.8) is 0 Å². The molecule has 0 aromatic heterocycles. The molecule has 0 aliphatic rings. The molecule has 0 aliphatic carbocycles. The maximum Gasteiger partial charge on any atom is 0.302 e. The van der Waals surface area contributed by atoms with Crippen LogP contribution in [0.15, 0.2) is 0 Å². The van der Waals surface area contributed by atoms with Gasteiger partial charge in [0.2, 0.25) is 0 Å². The summed E-state index contributed by atoms with van der Waals surface area (Å²) in [4.78, 5) is 19.4. The van der Waals surface area contributed by atoms with E-state index in [1.165, 1.54) is 14.0 Å². The van der Waals surface area contributed by atoms with Crippen LogP contribution in [0, 0.1) is 0 Å². The molecule has 11 heavy (non-hydrogen) atoms. The first-order valence-electron chi connectivity index (χ1n) is 3.49. The van der Waals surface area contributed by atoms with Crippen molar-refractivity contribution in [3.05, 3.63) is 0 Å². The normalized spacial score (nSPS) is 12.6. The number of esters is 1. The van der Waals surface area contributed by atoms with Crippen LogP contribution in [-0.2, 0) is 19.3 Å². The van der Waals surface area contributed by atoms with Gasteiger partial charge in [0.05, 0.1) is 19.8 Å². The number of hydrogen-bond acceptors (Lipinski definition) is 4. The number of rotatable bonds is 5. The Morgan fingerprint density at radius 2 is 2.18 bits per heavy atom. The average Bonchev–Trinajstić information content (AvgIpc) is 1.87. The number of ether oxygens (including phenoxy) is 1. The lowest BCUT2D eigenvalue weighted by Gasteiger charge is -2.08. The van der Waals surface area contributed by atoms with Crippen LogP contribution in [-0.4, -0.2) is 25.8 Å². The minimum atomic E-state index is -0.269. The van der Waals surface area contributed by atoms with E-state index in [9.17, 15) is 4.79 Å². The molecular weight excluding hydrogens is 148 g/mol. The molecule has 1 atom stereocenters. The average molecular weight is 162 g/mol. The molecule has 0 fully saturated rings. The molecule has 0 radical (unpaired) electrons. The van der Waals surface area contributed by atoms with Crippen LogP contribution < -0.4 is 0 Å². The summed E-state index contributed by atoms with van der Waals surface area (Å²) >= 11 is 0. The van der Waals surface area contributed by atoms with Gasteiger partial charge in [-0.1, -0.05) is 0 Å². The van der Waals surface area contributed by atoms with E-state index >= 15 is 0 Å². The first kappa shape index (κ1) is 10.4. The van der Waals surface area contributed by atoms with Gasteiger partial charge in [-0.15, -0.1) is 0 Å². The molecule has 0 spiro atoms. The fourth-order valence-electron chi connectivity index (χ4n) is 0.581. The Morgan fingerprint density at radius 3 is 2.64 bits per heavy atom. The molecule has 0 heterocycles. The first-order chi connectivity index (χ1) is 5.16. The monoisotopic (exact) mass is 162 g/mol. The van der Waals surface area contributed by atoms with Gasteiger partial charge in [-0.25, -0.2) is 9.78 Å². The molecule has 0 saturated heterocycles. The van der Waals surface area contributed by atoms with Crippen LogP contribution in [0.25, 0.3) is 0 Å². The predicted molar refractivity (Wildman–Crippen MR) is 38.8 cm³/mol. The fourth-order valence-corrected chi connectivity index (χ4v) is 0.581. The van der Waals surface area contributed by atoms with E-state index < -0.39 is 0 Å². The van der Waals surface area contributed by atoms with Crippen molar-refractivity contribution in [3.8, 4) is 0 Å². The smallest absolute Gasteiger partial charge is 0.302 e. The Balaban J connectivity index is 3.16. The SMILES string of the molecule is COOC(C)CCOC(C)=O. The molecule has 0 aliphatic heterocycles. The van der Waals surface area contributed by atoms with Crippen LogP contribution in [0.2, 0.25) is 0 Å². The molecule has 0 aromatic carbocycles. The molecule has 0 rings (SSSR count). The molecule has 0 N–H and O–H groups in total. The van der Waals surface area contributed by atoms with E-state index in [1.807, 2.05) is 6.92 Å². The van der Waals surface area contributed by atoms with E-state index in [0.29, 0.717) is 13.0 Å². The van der Waals surface area contributed by atoms with Gasteiger partial charge in [0.15, 0.2) is 0 Å². The van der Waals surface area contributed by atoms with Gasteiger partial charge < -0.3 is 4.74 Å². The Morgan fingerprint density at radius 1 is 1.55 bits per heavy atom. The van der Waals surface area contributed by atoms with Crippen LogP contribution in [0.5, 0.6) is 0 Å². The lowest BCUT2D eigenvalue weighted by atomic mass is 10.3. The summed E-state index contributed by atoms with van der Waals surface area (Å²) in [7, 11) is 1.45. The summed E-state index contributed by atoms with van der Waals surface area (Å²) < 4.78 is 4.68. The summed E-state index contributed by atoms with van der Waals surface area (Å²) in [5.74, 6) is -0.269. The van der Waals surface area contributed by atoms with Crippen molar-refractivity contribution in [2.45, 2.75) is 26.4 Å². The van der Waals surface area contributed by atoms with Gasteiger partial charge in [-0.3, -0.25) is 4.79 Å². The third kappa shape index (κ3) is 7.29. The zero-order valence-corrected chi connectivity index (χ0v) is 7.12. The Kier molecular flexibility index (Phi) is 5.78. The molecular formula is C7H14O4. The zero-order chi connectivity index (χ0) is 8.69. The molecule has 4 nitrogen and oxygen atoms in total. The second-order valence-corrected chi connectivity index (χ2v) is 2.20. The first-order valence-corrected chi connectivity index (χ1v) is 3.49. The number of carbonyl (C=O) groups excluding carboxylic acids is 1. The highest BCUT2D eigenvalue weighted by Crippen LogP contribution is 1.97. The summed E-state index contributed by atoms with van der Waals surface area (Å²) in [5, 5.41) is 0. The predicted octanol–water partition coefficient (Wildman–Crippen LogP) is 0.906. The van der Waals surface area contributed by atoms with Crippen molar-refractivity contribution >= 4 is 5.97 Å². The Bertz CT molecular complexity index is 113.